The molecule has 4 aromatic rings. The second-order valence-corrected chi connectivity index (χ2v) is 25.2. The van der Waals surface area contributed by atoms with E-state index in [2.05, 4.69) is 0 Å². The lowest BCUT2D eigenvalue weighted by atomic mass is 9.74. The zero-order valence-electron chi connectivity index (χ0n) is 40.6. The number of ether oxygens (including phenoxy) is 3. The first-order valence-electron chi connectivity index (χ1n) is 23.1. The number of hydrogen-bond donors (Lipinski definition) is 2. The predicted octanol–water partition coefficient (Wildman–Crippen LogP) is 4.59. The smallest absolute Gasteiger partial charge is 0.303 e. The van der Waals surface area contributed by atoms with Crippen LogP contribution in [0.1, 0.15) is 76.8 Å². The van der Waals surface area contributed by atoms with E-state index in [1.165, 1.54) is 25.3 Å². The Bertz CT molecular complexity index is 3540. The molecule has 74 heavy (non-hydrogen) atoms. The Kier molecular flexibility index (Phi) is 17.8. The third-order valence-corrected chi connectivity index (χ3v) is 17.5. The lowest BCUT2D eigenvalue weighted by Crippen LogP contribution is -2.32. The second-order valence-electron chi connectivity index (χ2n) is 18.2. The number of allylic oxidation sites excluding steroid dienone is 4. The molecule has 0 radical (unpaired) electrons. The van der Waals surface area contributed by atoms with Gasteiger partial charge in [-0.1, -0.05) is 12.1 Å². The third-order valence-electron chi connectivity index (χ3n) is 13.3. The summed E-state index contributed by atoms with van der Waals surface area (Å²) in [5, 5.41) is 8.78. The van der Waals surface area contributed by atoms with E-state index in [0.717, 1.165) is 12.1 Å². The highest BCUT2D eigenvalue weighted by Gasteiger charge is 2.49. The molecule has 0 aliphatic carbocycles. The van der Waals surface area contributed by atoms with E-state index in [9.17, 15) is 74.8 Å². The topological polar surface area (TPSA) is 354 Å². The van der Waals surface area contributed by atoms with Crippen LogP contribution < -0.4 is 4.90 Å². The van der Waals surface area contributed by atoms with E-state index in [1.807, 2.05) is 4.90 Å². The van der Waals surface area contributed by atoms with Crippen LogP contribution in [0.25, 0.3) is 21.5 Å². The molecule has 0 saturated carbocycles. The predicted molar refractivity (Wildman–Crippen MR) is 264 cm³/mol. The summed E-state index contributed by atoms with van der Waals surface area (Å²) in [7, 11) is -24.6. The maximum atomic E-state index is 12.7. The van der Waals surface area contributed by atoms with Gasteiger partial charge in [0.05, 0.1) is 57.2 Å². The Morgan fingerprint density at radius 1 is 0.676 bits per heavy atom. The zero-order valence-corrected chi connectivity index (χ0v) is 44.7. The van der Waals surface area contributed by atoms with Gasteiger partial charge in [-0.05, 0) is 117 Å². The molecular formula is C47H55N2O20S5-3. The van der Waals surface area contributed by atoms with Crippen LogP contribution >= 0.6 is 0 Å². The fourth-order valence-electron chi connectivity index (χ4n) is 10.1. The molecule has 2 aliphatic heterocycles. The van der Waals surface area contributed by atoms with Gasteiger partial charge in [0.1, 0.15) is 47.0 Å². The molecule has 6 rings (SSSR count). The molecule has 2 heterocycles. The first-order chi connectivity index (χ1) is 34.4. The van der Waals surface area contributed by atoms with Crippen LogP contribution in [-0.4, -0.2) is 145 Å². The van der Waals surface area contributed by atoms with E-state index < -0.39 is 92.7 Å². The highest BCUT2D eigenvalue weighted by molar-refractivity contribution is 7.87. The van der Waals surface area contributed by atoms with Crippen LogP contribution in [0.4, 0.5) is 11.4 Å². The maximum absolute atomic E-state index is 12.7. The standard InChI is InChI=1S/C47H58N2O20S5/c1-5-48-37-16-14-33-35(27-31(71(55,56)57)29-39(33)73(61,62)63)44(37)47(3,19-21-68-24-25-69-23-22-67-4)41(48)11-9-12-42-46(2,18-10-26-70(52,53)54)45-36-28-32(72(58,59)60)30-40(74(64,65)66)34(36)15-17-38(45)49(42)20-8-6-7-13-43(50)51/h9,11-12,14-17,27-30H,5-8,10,13,18-26H2,1-4H3,(H5-,50,51,52,53,54,55,56,57,58,59,60,61,62,63,64,65,66)/p-3. The Morgan fingerprint density at radius 2 is 1.23 bits per heavy atom. The fourth-order valence-corrected chi connectivity index (χ4v) is 13.2. The van der Waals surface area contributed by atoms with Gasteiger partial charge in [-0.3, -0.25) is 9.35 Å². The molecule has 2 aliphatic rings. The normalized spacial score (nSPS) is 19.1. The Balaban J connectivity index is 1.62. The van der Waals surface area contributed by atoms with Crippen molar-refractivity contribution in [2.75, 3.05) is 63.9 Å². The molecule has 4 aromatic carbocycles. The summed E-state index contributed by atoms with van der Waals surface area (Å²) in [6.45, 7) is 6.62. The molecule has 0 bridgehead atoms. The van der Waals surface area contributed by atoms with Crippen molar-refractivity contribution in [1.29, 1.82) is 0 Å². The van der Waals surface area contributed by atoms with Crippen LogP contribution in [0.5, 0.6) is 0 Å². The number of carboxylic acid groups (broad SMARTS) is 1. The summed E-state index contributed by atoms with van der Waals surface area (Å²) < 4.78 is 204. The number of hydrogen-bond acceptors (Lipinski definition) is 19. The number of rotatable bonds is 26. The molecule has 27 heteroatoms. The first-order valence-corrected chi connectivity index (χ1v) is 30.3. The van der Waals surface area contributed by atoms with Crippen molar-refractivity contribution in [3.8, 4) is 0 Å². The summed E-state index contributed by atoms with van der Waals surface area (Å²) in [4.78, 5) is 9.32. The van der Waals surface area contributed by atoms with Gasteiger partial charge in [-0.2, -0.15) is 13.0 Å². The van der Waals surface area contributed by atoms with Crippen LogP contribution in [0.15, 0.2) is 92.0 Å². The molecule has 406 valence electrons. The summed E-state index contributed by atoms with van der Waals surface area (Å²) in [5.74, 6) is -1.77. The number of nitrogens with zero attached hydrogens (tertiary/aromatic N) is 2. The lowest BCUT2D eigenvalue weighted by molar-refractivity contribution is -0.438. The molecule has 2 unspecified atom stereocenters. The molecule has 0 fully saturated rings. The number of carbonyl (C=O) groups is 1. The minimum atomic E-state index is -5.44. The van der Waals surface area contributed by atoms with Gasteiger partial charge in [-0.25, -0.2) is 33.7 Å². The lowest BCUT2D eigenvalue weighted by Gasteiger charge is -2.30. The number of aliphatic carboxylic acids is 1. The summed E-state index contributed by atoms with van der Waals surface area (Å²) in [5.41, 5.74) is -0.407. The van der Waals surface area contributed by atoms with Crippen molar-refractivity contribution in [2.45, 2.75) is 96.1 Å². The van der Waals surface area contributed by atoms with E-state index in [-0.39, 0.29) is 92.1 Å². The van der Waals surface area contributed by atoms with Crippen molar-refractivity contribution in [3.63, 3.8) is 0 Å². The fraction of sp³-hybridized carbons (Fsp3) is 0.447. The third kappa shape index (κ3) is 12.7. The van der Waals surface area contributed by atoms with Crippen molar-refractivity contribution in [1.82, 2.24) is 0 Å². The molecule has 2 atom stereocenters. The minimum Gasteiger partial charge on any atom is -0.744 e. The number of anilines is 1. The largest absolute Gasteiger partial charge is 0.744 e. The molecule has 22 nitrogen and oxygen atoms in total. The van der Waals surface area contributed by atoms with Crippen molar-refractivity contribution in [3.05, 3.63) is 83.6 Å². The van der Waals surface area contributed by atoms with Crippen LogP contribution in [0.3, 0.4) is 0 Å². The van der Waals surface area contributed by atoms with Gasteiger partial charge in [-0.15, -0.1) is 0 Å². The van der Waals surface area contributed by atoms with Gasteiger partial charge < -0.3 is 42.4 Å². The average molecular weight is 1130 g/mol. The van der Waals surface area contributed by atoms with Crippen molar-refractivity contribution in [2.24, 2.45) is 0 Å². The quantitative estimate of drug-likeness (QED) is 0.0493. The SMILES string of the molecule is CCN1C(=CC=CC2=[N+](CCCCCC(=O)O)c3ccc4c(S(=O)(=O)[O-])cc(S(=O)(=O)[O-])cc4c3C2(C)CCCS(=O)(=O)O)C(C)(CCOCCOCCOC)c2c1ccc1c(S(=O)(=O)[O-])cc(S(=O)(=O)[O-])cc21. The summed E-state index contributed by atoms with van der Waals surface area (Å²) >= 11 is 0. The Hall–Kier alpha value is -4.75. The molecule has 0 amide bonds. The van der Waals surface area contributed by atoms with E-state index in [4.69, 9.17) is 14.2 Å². The van der Waals surface area contributed by atoms with Crippen molar-refractivity contribution < 1.29 is 93.5 Å². The number of unbranched alkanes of at least 4 members (excludes halogenated alkanes) is 2. The number of benzene rings is 4. The summed E-state index contributed by atoms with van der Waals surface area (Å²) in [6.07, 6.45) is 5.62. The van der Waals surface area contributed by atoms with Gasteiger partial charge in [0.25, 0.3) is 10.1 Å². The van der Waals surface area contributed by atoms with Gasteiger partial charge >= 0.3 is 5.97 Å². The van der Waals surface area contributed by atoms with Crippen molar-refractivity contribution >= 4 is 95.2 Å². The second kappa shape index (κ2) is 22.5. The molecule has 0 spiro atoms. The number of likely N-dealkylation sites (N-methyl/N-ethyl adjacent to an activating group) is 1. The Labute approximate surface area is 430 Å². The van der Waals surface area contributed by atoms with Gasteiger partial charge in [0, 0.05) is 73.0 Å². The average Bonchev–Trinajstić information content (AvgIpc) is 3.67. The van der Waals surface area contributed by atoms with Gasteiger partial charge in [0.2, 0.25) is 5.69 Å². The highest BCUT2D eigenvalue weighted by atomic mass is 32.2. The number of carboxylic acids is 1. The summed E-state index contributed by atoms with van der Waals surface area (Å²) in [6, 6.07) is 8.63. The highest BCUT2D eigenvalue weighted by Crippen LogP contribution is 2.54. The molecule has 0 saturated heterocycles. The minimum absolute atomic E-state index is 0.0167. The Morgan fingerprint density at radius 3 is 1.76 bits per heavy atom. The van der Waals surface area contributed by atoms with E-state index in [1.54, 1.807) is 49.6 Å². The van der Waals surface area contributed by atoms with E-state index in [0.29, 0.717) is 66.5 Å². The molecular weight excluding hydrogens is 1070 g/mol. The molecule has 2 N–H and O–H groups in total. The maximum Gasteiger partial charge on any atom is 0.303 e. The number of fused-ring (bicyclic) bond motifs is 6. The van der Waals surface area contributed by atoms with E-state index >= 15 is 0 Å². The van der Waals surface area contributed by atoms with Gasteiger partial charge in [0.15, 0.2) is 5.71 Å². The monoisotopic (exact) mass is 1130 g/mol. The first kappa shape index (κ1) is 58.5. The van der Waals surface area contributed by atoms with Crippen LogP contribution in [0, 0.1) is 0 Å². The zero-order chi connectivity index (χ0) is 54.8. The van der Waals surface area contributed by atoms with Crippen LogP contribution in [0.2, 0.25) is 0 Å². The molecule has 0 aromatic heterocycles. The number of methoxy groups -OCH3 is 1. The van der Waals surface area contributed by atoms with Crippen LogP contribution in [-0.2, 0) is 80.4 Å².